The van der Waals surface area contributed by atoms with Crippen LogP contribution in [0.1, 0.15) is 58.2 Å². The normalized spacial score (nSPS) is 12.2. The van der Waals surface area contributed by atoms with E-state index in [-0.39, 0.29) is 10.8 Å². The Kier molecular flexibility index (Phi) is 11.4. The number of hydrogen-bond acceptors (Lipinski definition) is 7. The van der Waals surface area contributed by atoms with E-state index in [0.717, 1.165) is 77.1 Å². The van der Waals surface area contributed by atoms with Crippen molar-refractivity contribution in [1.82, 2.24) is 0 Å². The molecule has 8 aromatic carbocycles. The molecule has 0 spiro atoms. The van der Waals surface area contributed by atoms with Crippen molar-refractivity contribution < 1.29 is 31.2 Å². The molecule has 0 fully saturated rings. The second kappa shape index (κ2) is 17.1. The summed E-state index contributed by atoms with van der Waals surface area (Å²) in [7, 11) is -2.12. The number of benzene rings is 8. The topological polar surface area (TPSA) is 72.4 Å². The second-order valence-electron chi connectivity index (χ2n) is 17.7. The van der Waals surface area contributed by atoms with Crippen molar-refractivity contribution in [3.8, 4) is 39.9 Å². The highest BCUT2D eigenvalue weighted by molar-refractivity contribution is 7.43. The van der Waals surface area contributed by atoms with E-state index in [1.54, 1.807) is 7.11 Å². The summed E-state index contributed by atoms with van der Waals surface area (Å²) in [5.41, 5.74) is 6.31. The molecule has 1 heterocycles. The third-order valence-electron chi connectivity index (χ3n) is 11.0. The molecule has 1 unspecified atom stereocenters. The average Bonchev–Trinajstić information content (AvgIpc) is 3.41. The molecular weight excluding hydrogens is 823 g/mol. The van der Waals surface area contributed by atoms with E-state index in [4.69, 9.17) is 31.2 Å². The lowest BCUT2D eigenvalue weighted by Crippen LogP contribution is -2.12. The van der Waals surface area contributed by atoms with Crippen LogP contribution in [0.5, 0.6) is 28.7 Å². The molecule has 0 saturated carbocycles. The first-order valence-corrected chi connectivity index (χ1v) is 23.2. The van der Waals surface area contributed by atoms with Gasteiger partial charge in [0.15, 0.2) is 0 Å². The van der Waals surface area contributed by atoms with Crippen LogP contribution >= 0.6 is 16.8 Å². The van der Waals surface area contributed by atoms with Crippen molar-refractivity contribution in [1.29, 1.82) is 0 Å². The van der Waals surface area contributed by atoms with Crippen molar-refractivity contribution >= 4 is 60.3 Å². The van der Waals surface area contributed by atoms with Crippen LogP contribution in [0.3, 0.4) is 0 Å². The van der Waals surface area contributed by atoms with Gasteiger partial charge in [-0.15, -0.1) is 0 Å². The number of ether oxygens (including phenoxy) is 1. The van der Waals surface area contributed by atoms with Crippen LogP contribution in [0.15, 0.2) is 166 Å². The van der Waals surface area contributed by atoms with Gasteiger partial charge in [-0.05, 0) is 123 Å². The van der Waals surface area contributed by atoms with E-state index < -0.39 is 16.8 Å². The Labute approximate surface area is 370 Å². The zero-order valence-electron chi connectivity index (χ0n) is 36.8. The molecule has 7 nitrogen and oxygen atoms in total. The van der Waals surface area contributed by atoms with Gasteiger partial charge in [0.2, 0.25) is 0 Å². The molecular formula is C54H50O7P2. The zero-order chi connectivity index (χ0) is 43.9. The first kappa shape index (κ1) is 41.9. The van der Waals surface area contributed by atoms with E-state index >= 15 is 0 Å². The van der Waals surface area contributed by atoms with Crippen LogP contribution < -0.4 is 22.8 Å². The van der Waals surface area contributed by atoms with E-state index in [1.165, 1.54) is 0 Å². The minimum atomic E-state index is -1.98. The quantitative estimate of drug-likeness (QED) is 0.127. The molecule has 0 bridgehead atoms. The summed E-state index contributed by atoms with van der Waals surface area (Å²) in [6, 6.07) is 52.6. The molecule has 0 N–H and O–H groups in total. The standard InChI is InChI=1S/C54H50O7P2/c1-35-29-47-48-33-42(55-8)34-50(54(5,6)7)52(48)61-63(60-51(47)49(30-35)53(2,3)4)59-41-28-26-37-18-16-24-44(46(37)32-41)43-23-15-17-36-25-27-40(31-45(36)43)58-62(56-38-19-11-9-12-20-38)57-39-21-13-10-14-22-39/h9-34H,1-8H3. The third-order valence-corrected chi connectivity index (χ3v) is 13.1. The first-order chi connectivity index (χ1) is 30.3. The maximum absolute atomic E-state index is 6.95. The van der Waals surface area contributed by atoms with Crippen molar-refractivity contribution in [3.05, 3.63) is 174 Å². The van der Waals surface area contributed by atoms with E-state index in [9.17, 15) is 0 Å². The Morgan fingerprint density at radius 3 is 1.46 bits per heavy atom. The monoisotopic (exact) mass is 872 g/mol. The SMILES string of the molecule is COc1cc(C(C)(C)C)c2op(Oc3ccc4cccc(-c5cccc6ccc(OP(Oc7ccccc7)Oc7ccccc7)cc56)c4c3)oc3c(C(C)(C)C)cc(C)cc3c2c1. The maximum atomic E-state index is 6.95. The minimum absolute atomic E-state index is 0.222. The molecule has 9 rings (SSSR count). The Morgan fingerprint density at radius 1 is 0.444 bits per heavy atom. The Balaban J connectivity index is 1.15. The largest absolute Gasteiger partial charge is 0.530 e. The maximum Gasteiger partial charge on any atom is 0.530 e. The summed E-state index contributed by atoms with van der Waals surface area (Å²) < 4.78 is 45.7. The van der Waals surface area contributed by atoms with E-state index in [2.05, 4.69) is 127 Å². The fourth-order valence-electron chi connectivity index (χ4n) is 7.86. The number of methoxy groups -OCH3 is 1. The minimum Gasteiger partial charge on any atom is -0.497 e. The second-order valence-corrected chi connectivity index (χ2v) is 19.7. The number of fused-ring (bicyclic) bond motifs is 5. The summed E-state index contributed by atoms with van der Waals surface area (Å²) in [6.45, 7) is 15.3. The summed E-state index contributed by atoms with van der Waals surface area (Å²) in [6.07, 6.45) is 0. The molecule has 0 aliphatic heterocycles. The highest BCUT2D eigenvalue weighted by atomic mass is 31.2. The predicted molar refractivity (Wildman–Crippen MR) is 260 cm³/mol. The fraction of sp³-hybridized carbons (Fsp3) is 0.185. The van der Waals surface area contributed by atoms with Gasteiger partial charge in [-0.1, -0.05) is 133 Å². The van der Waals surface area contributed by atoms with Crippen molar-refractivity contribution in [2.24, 2.45) is 0 Å². The highest BCUT2D eigenvalue weighted by Gasteiger charge is 2.26. The van der Waals surface area contributed by atoms with Gasteiger partial charge in [-0.3, -0.25) is 0 Å². The lowest BCUT2D eigenvalue weighted by atomic mass is 9.83. The third kappa shape index (κ3) is 8.95. The van der Waals surface area contributed by atoms with Gasteiger partial charge in [-0.25, -0.2) is 0 Å². The molecule has 9 heteroatoms. The molecule has 0 aliphatic rings. The smallest absolute Gasteiger partial charge is 0.497 e. The molecule has 63 heavy (non-hydrogen) atoms. The van der Waals surface area contributed by atoms with Gasteiger partial charge in [-0.2, -0.15) is 0 Å². The molecule has 318 valence electrons. The molecule has 0 amide bonds. The summed E-state index contributed by atoms with van der Waals surface area (Å²) in [5.74, 6) is 3.33. The average molecular weight is 873 g/mol. The Bertz CT molecular complexity index is 3110. The number of aryl methyl sites for hydroxylation is 1. The summed E-state index contributed by atoms with van der Waals surface area (Å²) >= 11 is 0. The number of rotatable bonds is 10. The Morgan fingerprint density at radius 2 is 0.921 bits per heavy atom. The highest BCUT2D eigenvalue weighted by Crippen LogP contribution is 2.47. The van der Waals surface area contributed by atoms with Crippen molar-refractivity contribution in [2.75, 3.05) is 7.11 Å². The lowest BCUT2D eigenvalue weighted by Gasteiger charge is -2.21. The van der Waals surface area contributed by atoms with Crippen LogP contribution in [-0.2, 0) is 10.8 Å². The van der Waals surface area contributed by atoms with Gasteiger partial charge in [0.25, 0.3) is 0 Å². The van der Waals surface area contributed by atoms with Gasteiger partial charge in [0, 0.05) is 21.9 Å². The van der Waals surface area contributed by atoms with Crippen LogP contribution in [-0.4, -0.2) is 7.11 Å². The van der Waals surface area contributed by atoms with Crippen LogP contribution in [0.2, 0.25) is 0 Å². The molecule has 0 saturated heterocycles. The van der Waals surface area contributed by atoms with Gasteiger partial charge >= 0.3 is 16.8 Å². The number of hydrogen-bond donors (Lipinski definition) is 0. The predicted octanol–water partition coefficient (Wildman–Crippen LogP) is 16.8. The van der Waals surface area contributed by atoms with Crippen LogP contribution in [0.25, 0.3) is 54.6 Å². The van der Waals surface area contributed by atoms with E-state index in [1.807, 2.05) is 78.9 Å². The molecule has 1 atom stereocenters. The summed E-state index contributed by atoms with van der Waals surface area (Å²) in [5, 5.41) is 6.05. The van der Waals surface area contributed by atoms with Gasteiger partial charge in [0.1, 0.15) is 39.9 Å². The summed E-state index contributed by atoms with van der Waals surface area (Å²) in [4.78, 5) is 0. The van der Waals surface area contributed by atoms with Crippen LogP contribution in [0.4, 0.5) is 0 Å². The van der Waals surface area contributed by atoms with Gasteiger partial charge < -0.3 is 31.2 Å². The molecule has 1 aromatic heterocycles. The lowest BCUT2D eigenvalue weighted by molar-refractivity contribution is 0.388. The van der Waals surface area contributed by atoms with E-state index in [0.29, 0.717) is 23.0 Å². The molecule has 0 radical (unpaired) electrons. The molecule has 0 aliphatic carbocycles. The van der Waals surface area contributed by atoms with Gasteiger partial charge in [0.05, 0.1) is 7.11 Å². The first-order valence-electron chi connectivity index (χ1n) is 21.0. The van der Waals surface area contributed by atoms with Crippen LogP contribution in [0, 0.1) is 6.92 Å². The van der Waals surface area contributed by atoms with Crippen molar-refractivity contribution in [3.63, 3.8) is 0 Å². The zero-order valence-corrected chi connectivity index (χ0v) is 38.6. The molecule has 9 aromatic rings. The fourth-order valence-corrected chi connectivity index (χ4v) is 9.93. The Hall–Kier alpha value is -6.39. The van der Waals surface area contributed by atoms with Crippen molar-refractivity contribution in [2.45, 2.75) is 59.3 Å². The number of para-hydroxylation sites is 2.